The molecule has 1 unspecified atom stereocenters. The molecule has 1 aromatic heterocycles. The quantitative estimate of drug-likeness (QED) is 0.924. The van der Waals surface area contributed by atoms with Gasteiger partial charge in [0.1, 0.15) is 0 Å². The van der Waals surface area contributed by atoms with Crippen LogP contribution in [0.15, 0.2) is 24.3 Å². The molecule has 2 aliphatic heterocycles. The van der Waals surface area contributed by atoms with Crippen LogP contribution in [-0.4, -0.2) is 53.3 Å². The number of anilines is 1. The van der Waals surface area contributed by atoms with Gasteiger partial charge in [-0.3, -0.25) is 4.90 Å². The van der Waals surface area contributed by atoms with E-state index in [9.17, 15) is 5.11 Å². The van der Waals surface area contributed by atoms with Gasteiger partial charge in [0.05, 0.1) is 16.3 Å². The van der Waals surface area contributed by atoms with E-state index in [2.05, 4.69) is 34.1 Å². The second kappa shape index (κ2) is 5.55. The summed E-state index contributed by atoms with van der Waals surface area (Å²) in [5.41, 5.74) is 1.11. The van der Waals surface area contributed by atoms with E-state index in [4.69, 9.17) is 4.98 Å². The Labute approximate surface area is 129 Å². The maximum atomic E-state index is 9.68. The number of rotatable bonds is 2. The fourth-order valence-electron chi connectivity index (χ4n) is 3.52. The highest BCUT2D eigenvalue weighted by molar-refractivity contribution is 7.22. The molecular formula is C16H21N3OS. The van der Waals surface area contributed by atoms with Gasteiger partial charge in [-0.15, -0.1) is 0 Å². The summed E-state index contributed by atoms with van der Waals surface area (Å²) in [5.74, 6) is 0. The van der Waals surface area contributed by atoms with Gasteiger partial charge in [-0.25, -0.2) is 4.98 Å². The van der Waals surface area contributed by atoms with E-state index >= 15 is 0 Å². The number of fused-ring (bicyclic) bond motifs is 1. The summed E-state index contributed by atoms with van der Waals surface area (Å²) in [7, 11) is 0. The third-order valence-electron chi connectivity index (χ3n) is 4.73. The van der Waals surface area contributed by atoms with Crippen LogP contribution in [-0.2, 0) is 0 Å². The number of aliphatic hydroxyl groups is 1. The molecular weight excluding hydrogens is 282 g/mol. The Balaban J connectivity index is 1.42. The molecule has 0 amide bonds. The standard InChI is InChI=1S/C16H21N3OS/c20-13-7-10-19(11-13)12-5-8-18(9-6-12)16-17-14-3-1-2-4-15(14)21-16/h1-4,12-13,20H,5-11H2. The molecule has 2 fully saturated rings. The predicted molar refractivity (Wildman–Crippen MR) is 87.1 cm³/mol. The summed E-state index contributed by atoms with van der Waals surface area (Å²) in [5, 5.41) is 10.8. The van der Waals surface area contributed by atoms with Gasteiger partial charge in [-0.05, 0) is 31.4 Å². The number of hydrogen-bond acceptors (Lipinski definition) is 5. The molecule has 3 heterocycles. The van der Waals surface area contributed by atoms with Gasteiger partial charge in [-0.1, -0.05) is 23.5 Å². The first-order valence-corrected chi connectivity index (χ1v) is 8.64. The molecule has 0 spiro atoms. The van der Waals surface area contributed by atoms with E-state index in [1.807, 2.05) is 0 Å². The Hall–Kier alpha value is -1.17. The molecule has 5 heteroatoms. The summed E-state index contributed by atoms with van der Waals surface area (Å²) >= 11 is 1.80. The second-order valence-electron chi connectivity index (χ2n) is 6.12. The van der Waals surface area contributed by atoms with Crippen LogP contribution < -0.4 is 4.90 Å². The minimum atomic E-state index is -0.104. The number of para-hydroxylation sites is 1. The number of piperidine rings is 1. The number of hydrogen-bond donors (Lipinski definition) is 1. The summed E-state index contributed by atoms with van der Waals surface area (Å²) in [6.07, 6.45) is 3.20. The van der Waals surface area contributed by atoms with Crippen molar-refractivity contribution in [1.82, 2.24) is 9.88 Å². The lowest BCUT2D eigenvalue weighted by Gasteiger charge is -2.36. The maximum absolute atomic E-state index is 9.68. The van der Waals surface area contributed by atoms with Crippen molar-refractivity contribution in [3.63, 3.8) is 0 Å². The lowest BCUT2D eigenvalue weighted by molar-refractivity contribution is 0.148. The first kappa shape index (κ1) is 13.5. The van der Waals surface area contributed by atoms with Gasteiger partial charge in [-0.2, -0.15) is 0 Å². The van der Waals surface area contributed by atoms with Crippen molar-refractivity contribution in [2.75, 3.05) is 31.1 Å². The van der Waals surface area contributed by atoms with Crippen LogP contribution in [0.2, 0.25) is 0 Å². The van der Waals surface area contributed by atoms with Crippen LogP contribution in [0.5, 0.6) is 0 Å². The smallest absolute Gasteiger partial charge is 0.186 e. The van der Waals surface area contributed by atoms with E-state index in [1.165, 1.54) is 17.5 Å². The van der Waals surface area contributed by atoms with Crippen molar-refractivity contribution in [3.05, 3.63) is 24.3 Å². The maximum Gasteiger partial charge on any atom is 0.186 e. The number of aliphatic hydroxyl groups excluding tert-OH is 1. The topological polar surface area (TPSA) is 39.6 Å². The molecule has 4 rings (SSSR count). The molecule has 2 aromatic rings. The SMILES string of the molecule is OC1CCN(C2CCN(c3nc4ccccc4s3)CC2)C1. The highest BCUT2D eigenvalue weighted by Crippen LogP contribution is 2.31. The zero-order valence-corrected chi connectivity index (χ0v) is 12.9. The van der Waals surface area contributed by atoms with Crippen molar-refractivity contribution in [3.8, 4) is 0 Å². The zero-order chi connectivity index (χ0) is 14.2. The van der Waals surface area contributed by atoms with Gasteiger partial charge in [0.25, 0.3) is 0 Å². The molecule has 0 saturated carbocycles. The first-order chi connectivity index (χ1) is 10.3. The van der Waals surface area contributed by atoms with Gasteiger partial charge < -0.3 is 10.0 Å². The van der Waals surface area contributed by atoms with Gasteiger partial charge in [0.2, 0.25) is 0 Å². The molecule has 112 valence electrons. The van der Waals surface area contributed by atoms with Gasteiger partial charge in [0.15, 0.2) is 5.13 Å². The largest absolute Gasteiger partial charge is 0.392 e. The highest BCUT2D eigenvalue weighted by Gasteiger charge is 2.30. The molecule has 1 N–H and O–H groups in total. The third kappa shape index (κ3) is 2.65. The first-order valence-electron chi connectivity index (χ1n) is 7.82. The van der Waals surface area contributed by atoms with E-state index in [-0.39, 0.29) is 6.10 Å². The molecule has 1 aromatic carbocycles. The number of aromatic nitrogens is 1. The van der Waals surface area contributed by atoms with Gasteiger partial charge in [0, 0.05) is 32.2 Å². The van der Waals surface area contributed by atoms with Crippen molar-refractivity contribution in [2.24, 2.45) is 0 Å². The Bertz CT molecular complexity index is 588. The van der Waals surface area contributed by atoms with Crippen molar-refractivity contribution in [1.29, 1.82) is 0 Å². The van der Waals surface area contributed by atoms with E-state index in [0.29, 0.717) is 6.04 Å². The van der Waals surface area contributed by atoms with Crippen molar-refractivity contribution in [2.45, 2.75) is 31.4 Å². The predicted octanol–water partition coefficient (Wildman–Crippen LogP) is 2.33. The lowest BCUT2D eigenvalue weighted by atomic mass is 10.0. The Morgan fingerprint density at radius 2 is 1.90 bits per heavy atom. The summed E-state index contributed by atoms with van der Waals surface area (Å²) in [4.78, 5) is 9.66. The summed E-state index contributed by atoms with van der Waals surface area (Å²) in [6.45, 7) is 4.09. The van der Waals surface area contributed by atoms with Crippen molar-refractivity contribution < 1.29 is 5.11 Å². The average molecular weight is 303 g/mol. The van der Waals surface area contributed by atoms with Crippen LogP contribution >= 0.6 is 11.3 Å². The number of benzene rings is 1. The molecule has 4 nitrogen and oxygen atoms in total. The molecule has 0 bridgehead atoms. The normalized spacial score (nSPS) is 25.0. The average Bonchev–Trinajstić information content (AvgIpc) is 3.13. The second-order valence-corrected chi connectivity index (χ2v) is 7.13. The van der Waals surface area contributed by atoms with E-state index < -0.39 is 0 Å². The van der Waals surface area contributed by atoms with Crippen LogP contribution in [0, 0.1) is 0 Å². The Kier molecular flexibility index (Phi) is 3.57. The monoisotopic (exact) mass is 303 g/mol. The zero-order valence-electron chi connectivity index (χ0n) is 12.1. The van der Waals surface area contributed by atoms with Gasteiger partial charge >= 0.3 is 0 Å². The fraction of sp³-hybridized carbons (Fsp3) is 0.562. The van der Waals surface area contributed by atoms with Crippen LogP contribution in [0.4, 0.5) is 5.13 Å². The van der Waals surface area contributed by atoms with Crippen LogP contribution in [0.1, 0.15) is 19.3 Å². The number of nitrogens with zero attached hydrogens (tertiary/aromatic N) is 3. The number of likely N-dealkylation sites (tertiary alicyclic amines) is 1. The van der Waals surface area contributed by atoms with E-state index in [1.54, 1.807) is 11.3 Å². The summed E-state index contributed by atoms with van der Waals surface area (Å²) in [6, 6.07) is 9.02. The summed E-state index contributed by atoms with van der Waals surface area (Å²) < 4.78 is 1.28. The number of thiazole rings is 1. The molecule has 1 atom stereocenters. The highest BCUT2D eigenvalue weighted by atomic mass is 32.1. The van der Waals surface area contributed by atoms with E-state index in [0.717, 1.165) is 43.2 Å². The molecule has 0 radical (unpaired) electrons. The van der Waals surface area contributed by atoms with Crippen LogP contribution in [0.25, 0.3) is 10.2 Å². The van der Waals surface area contributed by atoms with Crippen molar-refractivity contribution >= 4 is 26.7 Å². The molecule has 2 saturated heterocycles. The fourth-order valence-corrected chi connectivity index (χ4v) is 4.53. The molecule has 2 aliphatic rings. The molecule has 21 heavy (non-hydrogen) atoms. The Morgan fingerprint density at radius 1 is 1.10 bits per heavy atom. The number of β-amino-alcohol motifs (C(OH)–C–C–N with tert-alkyl or cyclic N) is 1. The Morgan fingerprint density at radius 3 is 2.62 bits per heavy atom. The minimum Gasteiger partial charge on any atom is -0.392 e. The third-order valence-corrected chi connectivity index (χ3v) is 5.83. The lowest BCUT2D eigenvalue weighted by Crippen LogP contribution is -2.44. The minimum absolute atomic E-state index is 0.104. The van der Waals surface area contributed by atoms with Crippen LogP contribution in [0.3, 0.4) is 0 Å². The molecule has 0 aliphatic carbocycles.